The molecule has 0 unspecified atom stereocenters. The Morgan fingerprint density at radius 3 is 2.62 bits per heavy atom. The Bertz CT molecular complexity index is 976. The number of carbonyl (C=O) groups is 1. The summed E-state index contributed by atoms with van der Waals surface area (Å²) in [5.41, 5.74) is 5.50. The van der Waals surface area contributed by atoms with Crippen LogP contribution in [0.4, 0.5) is 0 Å². The lowest BCUT2D eigenvalue weighted by molar-refractivity contribution is -0.136. The summed E-state index contributed by atoms with van der Waals surface area (Å²) < 4.78 is 7.59. The van der Waals surface area contributed by atoms with E-state index in [4.69, 9.17) is 19.9 Å². The first-order valence-corrected chi connectivity index (χ1v) is 8.73. The normalized spacial score (nSPS) is 11.1. The Labute approximate surface area is 152 Å². The SMILES string of the molecule is CCOc1nc2c(c(C)nn2-c2ccccc2C)c(C)c1CCC(=O)O. The summed E-state index contributed by atoms with van der Waals surface area (Å²) in [7, 11) is 0. The standard InChI is InChI=1S/C20H23N3O3/c1-5-26-20-15(10-11-17(24)25)13(3)18-14(4)22-23(19(18)21-20)16-9-7-6-8-12(16)2/h6-9H,5,10-11H2,1-4H3,(H,24,25). The molecule has 0 saturated heterocycles. The van der Waals surface area contributed by atoms with E-state index in [1.807, 2.05) is 56.6 Å². The maximum absolute atomic E-state index is 11.0. The third-order valence-corrected chi connectivity index (χ3v) is 4.54. The van der Waals surface area contributed by atoms with Crippen molar-refractivity contribution in [3.63, 3.8) is 0 Å². The van der Waals surface area contributed by atoms with E-state index in [-0.39, 0.29) is 6.42 Å². The van der Waals surface area contributed by atoms with Crippen LogP contribution >= 0.6 is 0 Å². The molecule has 3 rings (SSSR count). The molecule has 0 atom stereocenters. The van der Waals surface area contributed by atoms with Crippen molar-refractivity contribution in [3.8, 4) is 11.6 Å². The fourth-order valence-corrected chi connectivity index (χ4v) is 3.28. The van der Waals surface area contributed by atoms with E-state index in [2.05, 4.69) is 0 Å². The van der Waals surface area contributed by atoms with Crippen molar-refractivity contribution in [2.75, 3.05) is 6.61 Å². The highest BCUT2D eigenvalue weighted by Crippen LogP contribution is 2.32. The molecule has 0 aliphatic heterocycles. The summed E-state index contributed by atoms with van der Waals surface area (Å²) in [5.74, 6) is -0.340. The van der Waals surface area contributed by atoms with Crippen molar-refractivity contribution >= 4 is 17.0 Å². The molecule has 0 amide bonds. The first-order valence-electron chi connectivity index (χ1n) is 8.73. The molecule has 0 saturated carbocycles. The minimum absolute atomic E-state index is 0.0408. The molecule has 0 spiro atoms. The molecule has 6 heteroatoms. The lowest BCUT2D eigenvalue weighted by Crippen LogP contribution is -2.07. The molecule has 3 aromatic rings. The van der Waals surface area contributed by atoms with E-state index in [1.54, 1.807) is 0 Å². The second-order valence-electron chi connectivity index (χ2n) is 6.33. The molecule has 26 heavy (non-hydrogen) atoms. The molecule has 0 fully saturated rings. The molecule has 1 N–H and O–H groups in total. The number of fused-ring (bicyclic) bond motifs is 1. The third-order valence-electron chi connectivity index (χ3n) is 4.54. The average Bonchev–Trinajstić information content (AvgIpc) is 2.91. The molecule has 136 valence electrons. The molecule has 1 aromatic carbocycles. The molecule has 2 aromatic heterocycles. The Morgan fingerprint density at radius 2 is 1.96 bits per heavy atom. The van der Waals surface area contributed by atoms with Crippen LogP contribution in [0.15, 0.2) is 24.3 Å². The Balaban J connectivity index is 2.26. The van der Waals surface area contributed by atoms with E-state index in [9.17, 15) is 4.79 Å². The van der Waals surface area contributed by atoms with Crippen molar-refractivity contribution in [1.82, 2.24) is 14.8 Å². The number of carboxylic acid groups (broad SMARTS) is 1. The van der Waals surface area contributed by atoms with E-state index in [0.717, 1.165) is 39.1 Å². The summed E-state index contributed by atoms with van der Waals surface area (Å²) >= 11 is 0. The van der Waals surface area contributed by atoms with Crippen molar-refractivity contribution in [1.29, 1.82) is 0 Å². The minimum Gasteiger partial charge on any atom is -0.481 e. The van der Waals surface area contributed by atoms with Crippen molar-refractivity contribution in [3.05, 3.63) is 46.6 Å². The number of ether oxygens (including phenoxy) is 1. The van der Waals surface area contributed by atoms with Crippen LogP contribution in [0.1, 0.15) is 35.7 Å². The third kappa shape index (κ3) is 3.14. The number of aromatic nitrogens is 3. The maximum atomic E-state index is 11.0. The summed E-state index contributed by atoms with van der Waals surface area (Å²) in [6, 6.07) is 8.01. The predicted molar refractivity (Wildman–Crippen MR) is 100 cm³/mol. The van der Waals surface area contributed by atoms with Gasteiger partial charge in [-0.25, -0.2) is 4.68 Å². The highest BCUT2D eigenvalue weighted by molar-refractivity contribution is 5.85. The summed E-state index contributed by atoms with van der Waals surface area (Å²) in [5, 5.41) is 14.7. The first-order chi connectivity index (χ1) is 12.4. The number of aliphatic carboxylic acids is 1. The van der Waals surface area contributed by atoms with Gasteiger partial charge in [-0.3, -0.25) is 4.79 Å². The number of hydrogen-bond acceptors (Lipinski definition) is 4. The van der Waals surface area contributed by atoms with Crippen LogP contribution in [0.3, 0.4) is 0 Å². The van der Waals surface area contributed by atoms with Crippen molar-refractivity contribution in [2.45, 2.75) is 40.5 Å². The van der Waals surface area contributed by atoms with Gasteiger partial charge in [-0.1, -0.05) is 18.2 Å². The van der Waals surface area contributed by atoms with Crippen molar-refractivity contribution < 1.29 is 14.6 Å². The molecular weight excluding hydrogens is 330 g/mol. The fraction of sp³-hybridized carbons (Fsp3) is 0.350. The van der Waals surface area contributed by atoms with E-state index in [1.165, 1.54) is 0 Å². The van der Waals surface area contributed by atoms with Crippen LogP contribution in [0, 0.1) is 20.8 Å². The van der Waals surface area contributed by atoms with Gasteiger partial charge in [0.15, 0.2) is 5.65 Å². The van der Waals surface area contributed by atoms with Crippen LogP contribution in [0.2, 0.25) is 0 Å². The fourth-order valence-electron chi connectivity index (χ4n) is 3.28. The van der Waals surface area contributed by atoms with Gasteiger partial charge in [-0.05, 0) is 51.3 Å². The van der Waals surface area contributed by atoms with Crippen LogP contribution < -0.4 is 4.74 Å². The van der Waals surface area contributed by atoms with Gasteiger partial charge in [0.2, 0.25) is 5.88 Å². The quantitative estimate of drug-likeness (QED) is 0.730. The summed E-state index contributed by atoms with van der Waals surface area (Å²) in [6.07, 6.45) is 0.424. The number of para-hydroxylation sites is 1. The van der Waals surface area contributed by atoms with Gasteiger partial charge in [0.05, 0.1) is 18.0 Å². The number of hydrogen-bond donors (Lipinski definition) is 1. The number of benzene rings is 1. The second-order valence-corrected chi connectivity index (χ2v) is 6.33. The molecule has 6 nitrogen and oxygen atoms in total. The number of pyridine rings is 1. The van der Waals surface area contributed by atoms with Gasteiger partial charge in [0.25, 0.3) is 0 Å². The second kappa shape index (κ2) is 7.15. The molecule has 2 heterocycles. The van der Waals surface area contributed by atoms with Crippen LogP contribution in [0.25, 0.3) is 16.7 Å². The summed E-state index contributed by atoms with van der Waals surface area (Å²) in [4.78, 5) is 15.8. The highest BCUT2D eigenvalue weighted by Gasteiger charge is 2.20. The maximum Gasteiger partial charge on any atom is 0.303 e. The van der Waals surface area contributed by atoms with E-state index in [0.29, 0.717) is 18.9 Å². The number of rotatable bonds is 6. The van der Waals surface area contributed by atoms with Crippen molar-refractivity contribution in [2.24, 2.45) is 0 Å². The lowest BCUT2D eigenvalue weighted by Gasteiger charge is -2.14. The zero-order chi connectivity index (χ0) is 18.8. The van der Waals surface area contributed by atoms with Crippen LogP contribution in [-0.2, 0) is 11.2 Å². The summed E-state index contributed by atoms with van der Waals surface area (Å²) in [6.45, 7) is 8.34. The molecule has 0 aliphatic carbocycles. The Morgan fingerprint density at radius 1 is 1.23 bits per heavy atom. The van der Waals surface area contributed by atoms with Gasteiger partial charge >= 0.3 is 5.97 Å². The molecular formula is C20H23N3O3. The van der Waals surface area contributed by atoms with Gasteiger partial charge in [-0.15, -0.1) is 0 Å². The zero-order valence-electron chi connectivity index (χ0n) is 15.5. The first kappa shape index (κ1) is 17.9. The Hall–Kier alpha value is -2.89. The van der Waals surface area contributed by atoms with E-state index < -0.39 is 5.97 Å². The molecule has 0 bridgehead atoms. The van der Waals surface area contributed by atoms with Crippen LogP contribution in [-0.4, -0.2) is 32.4 Å². The van der Waals surface area contributed by atoms with Crippen LogP contribution in [0.5, 0.6) is 5.88 Å². The van der Waals surface area contributed by atoms with E-state index >= 15 is 0 Å². The number of nitrogens with zero attached hydrogens (tertiary/aromatic N) is 3. The van der Waals surface area contributed by atoms with Gasteiger partial charge in [0.1, 0.15) is 0 Å². The zero-order valence-corrected chi connectivity index (χ0v) is 15.5. The van der Waals surface area contributed by atoms with Gasteiger partial charge in [-0.2, -0.15) is 10.1 Å². The minimum atomic E-state index is -0.834. The smallest absolute Gasteiger partial charge is 0.303 e. The van der Waals surface area contributed by atoms with Gasteiger partial charge < -0.3 is 9.84 Å². The number of carboxylic acids is 1. The highest BCUT2D eigenvalue weighted by atomic mass is 16.5. The molecule has 0 aliphatic rings. The largest absolute Gasteiger partial charge is 0.481 e. The average molecular weight is 353 g/mol. The Kier molecular flexibility index (Phi) is 4.93. The van der Waals surface area contributed by atoms with Gasteiger partial charge in [0, 0.05) is 17.4 Å². The lowest BCUT2D eigenvalue weighted by atomic mass is 10.0. The predicted octanol–water partition coefficient (Wildman–Crippen LogP) is 3.76. The topological polar surface area (TPSA) is 77.2 Å². The number of aryl methyl sites for hydroxylation is 3. The monoisotopic (exact) mass is 353 g/mol. The molecule has 0 radical (unpaired) electrons.